The average Bonchev–Trinajstić information content (AvgIpc) is 1.78. The van der Waals surface area contributed by atoms with Gasteiger partial charge in [0, 0.05) is 13.1 Å². The van der Waals surface area contributed by atoms with Crippen LogP contribution in [0.5, 0.6) is 0 Å². The number of hydrogen-bond acceptors (Lipinski definition) is 1. The first-order chi connectivity index (χ1) is 4.33. The zero-order valence-corrected chi connectivity index (χ0v) is 6.19. The lowest BCUT2D eigenvalue weighted by molar-refractivity contribution is 0.247. The first-order valence-electron chi connectivity index (χ1n) is 3.72. The van der Waals surface area contributed by atoms with Gasteiger partial charge in [0.1, 0.15) is 0 Å². The molecule has 0 saturated carbocycles. The predicted molar refractivity (Wildman–Crippen MR) is 40.5 cm³/mol. The van der Waals surface area contributed by atoms with Crippen molar-refractivity contribution < 1.29 is 0 Å². The molecule has 0 aromatic heterocycles. The summed E-state index contributed by atoms with van der Waals surface area (Å²) in [5, 5.41) is 0. The van der Waals surface area contributed by atoms with E-state index in [0.717, 1.165) is 13.1 Å². The Morgan fingerprint density at radius 3 is 2.67 bits per heavy atom. The van der Waals surface area contributed by atoms with E-state index in [1.165, 1.54) is 25.0 Å². The number of unbranched alkanes of at least 4 members (excludes halogenated alkanes) is 1. The maximum absolute atomic E-state index is 3.88. The van der Waals surface area contributed by atoms with E-state index >= 15 is 0 Å². The van der Waals surface area contributed by atoms with Crippen LogP contribution in [0.25, 0.3) is 0 Å². The van der Waals surface area contributed by atoms with E-state index in [0.29, 0.717) is 0 Å². The number of nitrogens with zero attached hydrogens (tertiary/aromatic N) is 1. The van der Waals surface area contributed by atoms with Gasteiger partial charge in [-0.15, -0.1) is 0 Å². The van der Waals surface area contributed by atoms with Crippen LogP contribution in [0.15, 0.2) is 12.2 Å². The largest absolute Gasteiger partial charge is 0.295 e. The fourth-order valence-corrected chi connectivity index (χ4v) is 1.13. The minimum absolute atomic E-state index is 1.15. The third-order valence-electron chi connectivity index (χ3n) is 1.72. The normalized spacial score (nSPS) is 19.9. The molecule has 1 heteroatoms. The molecule has 0 aromatic rings. The maximum atomic E-state index is 3.88. The molecule has 1 aliphatic rings. The minimum Gasteiger partial charge on any atom is -0.295 e. The van der Waals surface area contributed by atoms with Crippen LogP contribution in [0, 0.1) is 0 Å². The first kappa shape index (κ1) is 6.81. The van der Waals surface area contributed by atoms with E-state index < -0.39 is 0 Å². The lowest BCUT2D eigenvalue weighted by atomic mass is 10.1. The Morgan fingerprint density at radius 2 is 2.22 bits per heavy atom. The summed E-state index contributed by atoms with van der Waals surface area (Å²) < 4.78 is 0. The van der Waals surface area contributed by atoms with Crippen molar-refractivity contribution in [1.82, 2.24) is 4.90 Å². The van der Waals surface area contributed by atoms with Crippen molar-refractivity contribution in [2.24, 2.45) is 0 Å². The molecule has 1 aliphatic heterocycles. The van der Waals surface area contributed by atoms with Gasteiger partial charge in [0.2, 0.25) is 0 Å². The van der Waals surface area contributed by atoms with Crippen molar-refractivity contribution in [3.05, 3.63) is 12.2 Å². The second-order valence-electron chi connectivity index (χ2n) is 2.81. The average molecular weight is 125 g/mol. The molecule has 1 fully saturated rings. The van der Waals surface area contributed by atoms with Gasteiger partial charge in [0.25, 0.3) is 0 Å². The monoisotopic (exact) mass is 125 g/mol. The zero-order chi connectivity index (χ0) is 6.69. The molecular weight excluding hydrogens is 110 g/mol. The SMILES string of the molecule is C=C1CN(CCCC)C1. The Kier molecular flexibility index (Phi) is 2.29. The number of rotatable bonds is 3. The molecule has 1 rings (SSSR count). The molecule has 0 aromatic carbocycles. The van der Waals surface area contributed by atoms with Gasteiger partial charge in [-0.2, -0.15) is 0 Å². The smallest absolute Gasteiger partial charge is 0.0206 e. The zero-order valence-electron chi connectivity index (χ0n) is 6.19. The second-order valence-corrected chi connectivity index (χ2v) is 2.81. The van der Waals surface area contributed by atoms with Gasteiger partial charge >= 0.3 is 0 Å². The van der Waals surface area contributed by atoms with E-state index in [9.17, 15) is 0 Å². The van der Waals surface area contributed by atoms with E-state index in [-0.39, 0.29) is 0 Å². The van der Waals surface area contributed by atoms with E-state index in [2.05, 4.69) is 18.4 Å². The molecule has 0 N–H and O–H groups in total. The van der Waals surface area contributed by atoms with Crippen molar-refractivity contribution >= 4 is 0 Å². The van der Waals surface area contributed by atoms with Crippen molar-refractivity contribution in [3.63, 3.8) is 0 Å². The summed E-state index contributed by atoms with van der Waals surface area (Å²) in [4.78, 5) is 2.44. The Balaban J connectivity index is 1.97. The lowest BCUT2D eigenvalue weighted by Crippen LogP contribution is -2.39. The van der Waals surface area contributed by atoms with Gasteiger partial charge in [-0.05, 0) is 18.5 Å². The predicted octanol–water partition coefficient (Wildman–Crippen LogP) is 1.66. The molecule has 1 nitrogen and oxygen atoms in total. The summed E-state index contributed by atoms with van der Waals surface area (Å²) in [5.74, 6) is 0. The minimum atomic E-state index is 1.15. The van der Waals surface area contributed by atoms with Crippen LogP contribution in [-0.4, -0.2) is 24.5 Å². The quantitative estimate of drug-likeness (QED) is 0.518. The molecule has 0 unspecified atom stereocenters. The molecule has 52 valence electrons. The van der Waals surface area contributed by atoms with Crippen LogP contribution in [0.3, 0.4) is 0 Å². The van der Waals surface area contributed by atoms with Crippen LogP contribution in [0.4, 0.5) is 0 Å². The third-order valence-corrected chi connectivity index (χ3v) is 1.72. The van der Waals surface area contributed by atoms with Crippen LogP contribution in [0.1, 0.15) is 19.8 Å². The highest BCUT2D eigenvalue weighted by Crippen LogP contribution is 2.11. The van der Waals surface area contributed by atoms with Crippen molar-refractivity contribution in [3.8, 4) is 0 Å². The molecule has 0 aliphatic carbocycles. The highest BCUT2D eigenvalue weighted by atomic mass is 15.2. The first-order valence-corrected chi connectivity index (χ1v) is 3.72. The lowest BCUT2D eigenvalue weighted by Gasteiger charge is -2.32. The fraction of sp³-hybridized carbons (Fsp3) is 0.750. The molecule has 0 bridgehead atoms. The summed E-state index contributed by atoms with van der Waals surface area (Å²) >= 11 is 0. The van der Waals surface area contributed by atoms with E-state index in [1.807, 2.05) is 0 Å². The molecule has 0 radical (unpaired) electrons. The molecule has 1 heterocycles. The summed E-state index contributed by atoms with van der Waals surface area (Å²) in [6.07, 6.45) is 2.65. The van der Waals surface area contributed by atoms with Gasteiger partial charge in [0.05, 0.1) is 0 Å². The molecular formula is C8H15N. The molecule has 9 heavy (non-hydrogen) atoms. The molecule has 0 amide bonds. The van der Waals surface area contributed by atoms with E-state index in [4.69, 9.17) is 0 Å². The highest BCUT2D eigenvalue weighted by Gasteiger charge is 2.15. The Hall–Kier alpha value is -0.300. The standard InChI is InChI=1S/C8H15N/c1-3-4-5-9-6-8(2)7-9/h2-7H2,1H3. The summed E-state index contributed by atoms with van der Waals surface area (Å²) in [6, 6.07) is 0. The topological polar surface area (TPSA) is 3.24 Å². The Morgan fingerprint density at radius 1 is 1.56 bits per heavy atom. The molecule has 1 saturated heterocycles. The number of hydrogen-bond donors (Lipinski definition) is 0. The molecule has 0 spiro atoms. The highest BCUT2D eigenvalue weighted by molar-refractivity contribution is 5.09. The van der Waals surface area contributed by atoms with E-state index in [1.54, 1.807) is 0 Å². The third kappa shape index (κ3) is 1.83. The van der Waals surface area contributed by atoms with Gasteiger partial charge in [-0.3, -0.25) is 4.90 Å². The van der Waals surface area contributed by atoms with Gasteiger partial charge in [-0.25, -0.2) is 0 Å². The van der Waals surface area contributed by atoms with Crippen LogP contribution in [-0.2, 0) is 0 Å². The summed E-state index contributed by atoms with van der Waals surface area (Å²) in [7, 11) is 0. The Bertz CT molecular complexity index is 99.1. The van der Waals surface area contributed by atoms with Crippen LogP contribution < -0.4 is 0 Å². The maximum Gasteiger partial charge on any atom is 0.0206 e. The van der Waals surface area contributed by atoms with Crippen LogP contribution in [0.2, 0.25) is 0 Å². The van der Waals surface area contributed by atoms with Crippen molar-refractivity contribution in [2.75, 3.05) is 19.6 Å². The fourth-order valence-electron chi connectivity index (χ4n) is 1.13. The van der Waals surface area contributed by atoms with Gasteiger partial charge in [0.15, 0.2) is 0 Å². The molecule has 0 atom stereocenters. The van der Waals surface area contributed by atoms with Crippen molar-refractivity contribution in [1.29, 1.82) is 0 Å². The van der Waals surface area contributed by atoms with Gasteiger partial charge in [-0.1, -0.05) is 19.9 Å². The van der Waals surface area contributed by atoms with Crippen LogP contribution >= 0.6 is 0 Å². The van der Waals surface area contributed by atoms with Gasteiger partial charge < -0.3 is 0 Å². The Labute approximate surface area is 57.4 Å². The number of likely N-dealkylation sites (tertiary alicyclic amines) is 1. The van der Waals surface area contributed by atoms with Crippen molar-refractivity contribution in [2.45, 2.75) is 19.8 Å². The summed E-state index contributed by atoms with van der Waals surface area (Å²) in [6.45, 7) is 9.69. The summed E-state index contributed by atoms with van der Waals surface area (Å²) in [5.41, 5.74) is 1.39. The second kappa shape index (κ2) is 3.02.